The number of nitrogens with zero attached hydrogens (tertiary/aromatic N) is 4. The van der Waals surface area contributed by atoms with Crippen molar-refractivity contribution >= 4 is 34.4 Å². The van der Waals surface area contributed by atoms with Gasteiger partial charge in [-0.1, -0.05) is 18.2 Å². The first kappa shape index (κ1) is 23.4. The fourth-order valence-electron chi connectivity index (χ4n) is 3.63. The summed E-state index contributed by atoms with van der Waals surface area (Å²) < 4.78 is 11.5. The average molecular weight is 494 g/mol. The van der Waals surface area contributed by atoms with Gasteiger partial charge in [-0.2, -0.15) is 0 Å². The van der Waals surface area contributed by atoms with Gasteiger partial charge >= 0.3 is 5.69 Å². The molecule has 0 saturated heterocycles. The molecule has 1 heterocycles. The van der Waals surface area contributed by atoms with Crippen molar-refractivity contribution in [2.45, 2.75) is 6.92 Å². The van der Waals surface area contributed by atoms with E-state index in [2.05, 4.69) is 9.98 Å². The first-order valence-corrected chi connectivity index (χ1v) is 11.1. The lowest BCUT2D eigenvalue weighted by molar-refractivity contribution is -0.394. The Hall–Kier alpha value is -5.38. The summed E-state index contributed by atoms with van der Waals surface area (Å²) in [6.45, 7) is 2.00. The van der Waals surface area contributed by atoms with E-state index in [9.17, 15) is 20.2 Å². The smallest absolute Gasteiger partial charge is 0.318 e. The normalized spacial score (nSPS) is 11.2. The first-order chi connectivity index (χ1) is 17.9. The second-order valence-corrected chi connectivity index (χ2v) is 8.14. The monoisotopic (exact) mass is 494 g/mol. The summed E-state index contributed by atoms with van der Waals surface area (Å²) in [5, 5.41) is 22.3. The molecule has 0 saturated carbocycles. The van der Waals surface area contributed by atoms with Gasteiger partial charge in [0.05, 0.1) is 21.6 Å². The van der Waals surface area contributed by atoms with Gasteiger partial charge in [0.25, 0.3) is 5.69 Å². The minimum absolute atomic E-state index is 0.102. The maximum absolute atomic E-state index is 11.4. The Morgan fingerprint density at radius 3 is 2.49 bits per heavy atom. The summed E-state index contributed by atoms with van der Waals surface area (Å²) in [7, 11) is 0. The third-order valence-electron chi connectivity index (χ3n) is 5.46. The van der Waals surface area contributed by atoms with E-state index in [1.807, 2.05) is 49.4 Å². The van der Waals surface area contributed by atoms with Crippen LogP contribution < -0.4 is 4.74 Å². The molecule has 0 atom stereocenters. The number of oxazole rings is 1. The van der Waals surface area contributed by atoms with Crippen LogP contribution >= 0.6 is 0 Å². The Morgan fingerprint density at radius 1 is 0.919 bits per heavy atom. The second kappa shape index (κ2) is 9.70. The van der Waals surface area contributed by atoms with Gasteiger partial charge in [0.15, 0.2) is 5.58 Å². The minimum Gasteiger partial charge on any atom is -0.450 e. The zero-order valence-electron chi connectivity index (χ0n) is 19.4. The number of ether oxygens (including phenoxy) is 1. The van der Waals surface area contributed by atoms with Gasteiger partial charge in [-0.3, -0.25) is 25.2 Å². The predicted molar refractivity (Wildman–Crippen MR) is 138 cm³/mol. The van der Waals surface area contributed by atoms with Crippen LogP contribution in [-0.2, 0) is 0 Å². The van der Waals surface area contributed by atoms with Crippen molar-refractivity contribution in [2.24, 2.45) is 4.99 Å². The van der Waals surface area contributed by atoms with Gasteiger partial charge in [-0.25, -0.2) is 4.98 Å². The predicted octanol–water partition coefficient (Wildman–Crippen LogP) is 7.16. The average Bonchev–Trinajstić information content (AvgIpc) is 3.31. The van der Waals surface area contributed by atoms with E-state index in [1.165, 1.54) is 6.07 Å². The molecule has 182 valence electrons. The number of hydrogen-bond acceptors (Lipinski definition) is 8. The zero-order valence-corrected chi connectivity index (χ0v) is 19.4. The number of benzene rings is 4. The number of aliphatic imine (C=N–C) groups is 1. The van der Waals surface area contributed by atoms with Crippen molar-refractivity contribution < 1.29 is 19.0 Å². The van der Waals surface area contributed by atoms with Crippen LogP contribution in [0.2, 0.25) is 0 Å². The second-order valence-electron chi connectivity index (χ2n) is 8.14. The fourth-order valence-corrected chi connectivity index (χ4v) is 3.63. The number of non-ortho nitro benzene ring substituents is 1. The van der Waals surface area contributed by atoms with E-state index in [0.29, 0.717) is 22.9 Å². The highest BCUT2D eigenvalue weighted by atomic mass is 16.6. The molecular weight excluding hydrogens is 476 g/mol. The number of aryl methyl sites for hydroxylation is 1. The van der Waals surface area contributed by atoms with Crippen LogP contribution in [0.25, 0.3) is 22.6 Å². The summed E-state index contributed by atoms with van der Waals surface area (Å²) >= 11 is 0. The van der Waals surface area contributed by atoms with Crippen molar-refractivity contribution in [3.05, 3.63) is 116 Å². The summed E-state index contributed by atoms with van der Waals surface area (Å²) in [5.41, 5.74) is 3.97. The van der Waals surface area contributed by atoms with Crippen molar-refractivity contribution in [3.8, 4) is 23.0 Å². The molecule has 10 heteroatoms. The number of fused-ring (bicyclic) bond motifs is 1. The first-order valence-electron chi connectivity index (χ1n) is 11.1. The van der Waals surface area contributed by atoms with Crippen LogP contribution in [0, 0.1) is 27.2 Å². The maximum Gasteiger partial charge on any atom is 0.318 e. The van der Waals surface area contributed by atoms with Gasteiger partial charge in [0.1, 0.15) is 11.3 Å². The number of nitro groups is 2. The minimum atomic E-state index is -0.723. The van der Waals surface area contributed by atoms with Crippen LogP contribution in [-0.4, -0.2) is 21.0 Å². The maximum atomic E-state index is 11.4. The quantitative estimate of drug-likeness (QED) is 0.133. The highest BCUT2D eigenvalue weighted by molar-refractivity contribution is 5.83. The molecule has 0 unspecified atom stereocenters. The lowest BCUT2D eigenvalue weighted by Gasteiger charge is -2.07. The molecule has 37 heavy (non-hydrogen) atoms. The molecule has 5 rings (SSSR count). The molecule has 0 spiro atoms. The van der Waals surface area contributed by atoms with Crippen LogP contribution in [0.1, 0.15) is 11.1 Å². The summed E-state index contributed by atoms with van der Waals surface area (Å²) in [6.07, 6.45) is 1.63. The molecule has 1 aromatic heterocycles. The topological polar surface area (TPSA) is 134 Å². The van der Waals surface area contributed by atoms with Crippen LogP contribution in [0.4, 0.5) is 17.1 Å². The fraction of sp³-hybridized carbons (Fsp3) is 0.0370. The number of aromatic nitrogens is 1. The van der Waals surface area contributed by atoms with E-state index in [4.69, 9.17) is 9.15 Å². The van der Waals surface area contributed by atoms with Crippen molar-refractivity contribution in [3.63, 3.8) is 0 Å². The largest absolute Gasteiger partial charge is 0.450 e. The van der Waals surface area contributed by atoms with Crippen LogP contribution in [0.15, 0.2) is 94.3 Å². The van der Waals surface area contributed by atoms with Crippen molar-refractivity contribution in [2.75, 3.05) is 0 Å². The molecule has 0 fully saturated rings. The third kappa shape index (κ3) is 5.17. The molecule has 0 N–H and O–H groups in total. The van der Waals surface area contributed by atoms with Crippen molar-refractivity contribution in [1.82, 2.24) is 4.98 Å². The Morgan fingerprint density at radius 2 is 1.73 bits per heavy atom. The van der Waals surface area contributed by atoms with Gasteiger partial charge < -0.3 is 9.15 Å². The molecule has 5 aromatic rings. The third-order valence-corrected chi connectivity index (χ3v) is 5.46. The lowest BCUT2D eigenvalue weighted by atomic mass is 10.2. The molecule has 4 aromatic carbocycles. The lowest BCUT2D eigenvalue weighted by Crippen LogP contribution is -1.96. The SMILES string of the molecule is Cc1ccc2oc(-c3ccc(N=Cc4cccc(Oc5ccc([N+](=O)[O-])cc5[N+](=O)[O-])c4)cc3)nc2c1. The van der Waals surface area contributed by atoms with E-state index in [0.717, 1.165) is 34.4 Å². The van der Waals surface area contributed by atoms with Crippen LogP contribution in [0.3, 0.4) is 0 Å². The van der Waals surface area contributed by atoms with Gasteiger partial charge in [0.2, 0.25) is 11.6 Å². The molecule has 0 radical (unpaired) electrons. The Balaban J connectivity index is 1.32. The Bertz CT molecular complexity index is 1670. The number of hydrogen-bond donors (Lipinski definition) is 0. The molecule has 0 amide bonds. The van der Waals surface area contributed by atoms with Gasteiger partial charge in [-0.05, 0) is 72.6 Å². The molecule has 0 aliphatic carbocycles. The number of rotatable bonds is 7. The standard InChI is InChI=1S/C27H18N4O6/c1-17-5-11-25-23(13-17)29-27(37-25)19-6-8-20(9-7-19)28-16-18-3-2-4-22(14-18)36-26-12-10-21(30(32)33)15-24(26)31(34)35/h2-16H,1H3. The highest BCUT2D eigenvalue weighted by Gasteiger charge is 2.21. The van der Waals surface area contributed by atoms with Crippen molar-refractivity contribution in [1.29, 1.82) is 0 Å². The molecular formula is C27H18N4O6. The highest BCUT2D eigenvalue weighted by Crippen LogP contribution is 2.34. The summed E-state index contributed by atoms with van der Waals surface area (Å²) in [6, 6.07) is 23.3. The van der Waals surface area contributed by atoms with E-state index < -0.39 is 21.2 Å². The Labute approximate surface area is 209 Å². The summed E-state index contributed by atoms with van der Waals surface area (Å²) in [5.74, 6) is 0.749. The molecule has 0 aliphatic rings. The molecule has 0 bridgehead atoms. The zero-order chi connectivity index (χ0) is 25.9. The molecule has 0 aliphatic heterocycles. The van der Waals surface area contributed by atoms with Gasteiger partial charge in [-0.15, -0.1) is 0 Å². The van der Waals surface area contributed by atoms with Gasteiger partial charge in [0, 0.05) is 17.8 Å². The Kier molecular flexibility index (Phi) is 6.13. The summed E-state index contributed by atoms with van der Waals surface area (Å²) in [4.78, 5) is 29.9. The van der Waals surface area contributed by atoms with Crippen LogP contribution in [0.5, 0.6) is 11.5 Å². The number of nitro benzene ring substituents is 2. The van der Waals surface area contributed by atoms with E-state index in [1.54, 1.807) is 30.5 Å². The van der Waals surface area contributed by atoms with E-state index in [-0.39, 0.29) is 5.75 Å². The van der Waals surface area contributed by atoms with E-state index >= 15 is 0 Å². The molecule has 10 nitrogen and oxygen atoms in total.